The van der Waals surface area contributed by atoms with Crippen molar-refractivity contribution in [2.45, 2.75) is 44.9 Å². The van der Waals surface area contributed by atoms with E-state index >= 15 is 0 Å². The molecule has 4 nitrogen and oxygen atoms in total. The predicted octanol–water partition coefficient (Wildman–Crippen LogP) is 5.53. The third-order valence-electron chi connectivity index (χ3n) is 5.27. The molecule has 0 saturated heterocycles. The molecule has 2 aromatic carbocycles. The van der Waals surface area contributed by atoms with E-state index < -0.39 is 17.8 Å². The van der Waals surface area contributed by atoms with Gasteiger partial charge in [0.25, 0.3) is 0 Å². The number of aryl methyl sites for hydroxylation is 3. The van der Waals surface area contributed by atoms with Crippen LogP contribution in [0.3, 0.4) is 0 Å². The second kappa shape index (κ2) is 10.3. The Morgan fingerprint density at radius 1 is 1.06 bits per heavy atom. The highest BCUT2D eigenvalue weighted by atomic mass is 32.1. The summed E-state index contributed by atoms with van der Waals surface area (Å²) in [5.74, 6) is -0.158. The number of hydrogen-bond acceptors (Lipinski definition) is 4. The Morgan fingerprint density at radius 2 is 1.72 bits per heavy atom. The maximum absolute atomic E-state index is 12.9. The molecule has 1 aromatic heterocycles. The van der Waals surface area contributed by atoms with Gasteiger partial charge in [-0.05, 0) is 49.9 Å². The van der Waals surface area contributed by atoms with Crippen molar-refractivity contribution in [2.24, 2.45) is 0 Å². The van der Waals surface area contributed by atoms with Crippen molar-refractivity contribution in [1.82, 2.24) is 15.6 Å². The third kappa shape index (κ3) is 5.95. The average molecular weight is 462 g/mol. The second-order valence-electron chi connectivity index (χ2n) is 7.59. The number of benzene rings is 2. The number of aromatic nitrogens is 1. The summed E-state index contributed by atoms with van der Waals surface area (Å²) in [5.41, 5.74) is 1.87. The fourth-order valence-electron chi connectivity index (χ4n) is 3.65. The number of nitrogens with zero attached hydrogens (tertiary/aromatic N) is 1. The number of alkyl halides is 3. The lowest BCUT2D eigenvalue weighted by Gasteiger charge is -2.25. The molecule has 2 unspecified atom stereocenters. The summed E-state index contributed by atoms with van der Waals surface area (Å²) in [5, 5.41) is 7.12. The minimum absolute atomic E-state index is 0.158. The normalized spacial score (nSPS) is 13.6. The minimum Gasteiger partial charge on any atom is -0.358 e. The molecule has 0 aliphatic heterocycles. The molecule has 0 saturated carbocycles. The Morgan fingerprint density at radius 3 is 2.25 bits per heavy atom. The predicted molar refractivity (Wildman–Crippen MR) is 120 cm³/mol. The smallest absolute Gasteiger partial charge is 0.358 e. The van der Waals surface area contributed by atoms with Gasteiger partial charge in [-0.1, -0.05) is 42.5 Å². The highest BCUT2D eigenvalue weighted by Crippen LogP contribution is 2.32. The highest BCUT2D eigenvalue weighted by molar-refractivity contribution is 7.11. The summed E-state index contributed by atoms with van der Waals surface area (Å²) in [6.07, 6.45) is -3.19. The van der Waals surface area contributed by atoms with Gasteiger partial charge in [0.05, 0.1) is 16.3 Å². The van der Waals surface area contributed by atoms with E-state index in [1.54, 1.807) is 18.4 Å². The van der Waals surface area contributed by atoms with Crippen LogP contribution in [0.2, 0.25) is 0 Å². The van der Waals surface area contributed by atoms with Crippen LogP contribution in [-0.2, 0) is 17.4 Å². The Hall–Kier alpha value is -2.71. The number of thiazole rings is 1. The van der Waals surface area contributed by atoms with Gasteiger partial charge in [0.1, 0.15) is 6.04 Å². The number of hydrogen-bond donors (Lipinski definition) is 2. The first-order valence-electron chi connectivity index (χ1n) is 10.3. The molecule has 0 aliphatic rings. The maximum Gasteiger partial charge on any atom is 0.416 e. The average Bonchev–Trinajstić information content (AvgIpc) is 3.11. The molecule has 0 spiro atoms. The summed E-state index contributed by atoms with van der Waals surface area (Å²) in [6, 6.07) is 13.9. The molecule has 0 bridgehead atoms. The van der Waals surface area contributed by atoms with Crippen LogP contribution in [0.1, 0.15) is 50.8 Å². The monoisotopic (exact) mass is 461 g/mol. The van der Waals surface area contributed by atoms with E-state index in [0.29, 0.717) is 12.8 Å². The van der Waals surface area contributed by atoms with Crippen LogP contribution in [0.25, 0.3) is 0 Å². The summed E-state index contributed by atoms with van der Waals surface area (Å²) < 4.78 is 38.6. The van der Waals surface area contributed by atoms with Crippen LogP contribution in [0.4, 0.5) is 13.2 Å². The van der Waals surface area contributed by atoms with Crippen molar-refractivity contribution in [1.29, 1.82) is 0 Å². The Bertz CT molecular complexity index is 1030. The van der Waals surface area contributed by atoms with Gasteiger partial charge >= 0.3 is 6.18 Å². The van der Waals surface area contributed by atoms with Gasteiger partial charge in [0, 0.05) is 18.0 Å². The van der Waals surface area contributed by atoms with Crippen LogP contribution in [0, 0.1) is 13.8 Å². The molecular formula is C24H26F3N3OS. The highest BCUT2D eigenvalue weighted by Gasteiger charge is 2.30. The molecule has 1 heterocycles. The summed E-state index contributed by atoms with van der Waals surface area (Å²) in [4.78, 5) is 18.2. The molecule has 32 heavy (non-hydrogen) atoms. The number of rotatable bonds is 8. The summed E-state index contributed by atoms with van der Waals surface area (Å²) in [7, 11) is 1.60. The first-order chi connectivity index (χ1) is 15.2. The molecule has 2 atom stereocenters. The van der Waals surface area contributed by atoms with Gasteiger partial charge in [-0.3, -0.25) is 10.1 Å². The first-order valence-corrected chi connectivity index (χ1v) is 11.1. The lowest BCUT2D eigenvalue weighted by Crippen LogP contribution is -2.38. The summed E-state index contributed by atoms with van der Waals surface area (Å²) in [6.45, 7) is 3.87. The van der Waals surface area contributed by atoms with Crippen LogP contribution in [-0.4, -0.2) is 17.9 Å². The van der Waals surface area contributed by atoms with Gasteiger partial charge in [0.2, 0.25) is 5.91 Å². The minimum atomic E-state index is -4.35. The number of carbonyl (C=O) groups is 1. The Labute approximate surface area is 189 Å². The van der Waals surface area contributed by atoms with E-state index in [1.807, 2.05) is 44.2 Å². The quantitative estimate of drug-likeness (QED) is 0.464. The molecule has 0 aliphatic carbocycles. The topological polar surface area (TPSA) is 54.0 Å². The van der Waals surface area contributed by atoms with Gasteiger partial charge in [-0.25, -0.2) is 4.98 Å². The third-order valence-corrected chi connectivity index (χ3v) is 6.45. The fraction of sp³-hybridized carbons (Fsp3) is 0.333. The van der Waals surface area contributed by atoms with Gasteiger partial charge < -0.3 is 5.32 Å². The van der Waals surface area contributed by atoms with Crippen LogP contribution >= 0.6 is 11.3 Å². The fourth-order valence-corrected chi connectivity index (χ4v) is 4.67. The van der Waals surface area contributed by atoms with Crippen molar-refractivity contribution in [3.63, 3.8) is 0 Å². The van der Waals surface area contributed by atoms with Crippen LogP contribution in [0.15, 0.2) is 54.6 Å². The zero-order chi connectivity index (χ0) is 23.3. The van der Waals surface area contributed by atoms with E-state index in [0.717, 1.165) is 38.8 Å². The summed E-state index contributed by atoms with van der Waals surface area (Å²) >= 11 is 1.57. The second-order valence-corrected chi connectivity index (χ2v) is 8.83. The lowest BCUT2D eigenvalue weighted by molar-refractivity contribution is -0.137. The molecule has 0 radical (unpaired) electrons. The maximum atomic E-state index is 12.9. The number of nitrogens with one attached hydrogen (secondary N) is 2. The van der Waals surface area contributed by atoms with Crippen LogP contribution < -0.4 is 10.6 Å². The van der Waals surface area contributed by atoms with Crippen molar-refractivity contribution in [3.05, 3.63) is 86.9 Å². The molecule has 1 amide bonds. The molecule has 0 fully saturated rings. The molecular weight excluding hydrogens is 435 g/mol. The number of carbonyl (C=O) groups excluding carboxylic acids is 1. The van der Waals surface area contributed by atoms with Gasteiger partial charge in [-0.15, -0.1) is 11.3 Å². The van der Waals surface area contributed by atoms with Gasteiger partial charge in [0.15, 0.2) is 0 Å². The van der Waals surface area contributed by atoms with E-state index in [4.69, 9.17) is 0 Å². The molecule has 3 aromatic rings. The van der Waals surface area contributed by atoms with Crippen molar-refractivity contribution < 1.29 is 18.0 Å². The van der Waals surface area contributed by atoms with Crippen LogP contribution in [0.5, 0.6) is 0 Å². The number of amides is 1. The zero-order valence-electron chi connectivity index (χ0n) is 18.2. The van der Waals surface area contributed by atoms with Crippen molar-refractivity contribution in [2.75, 3.05) is 7.05 Å². The molecule has 170 valence electrons. The first kappa shape index (κ1) is 23.9. The Balaban J connectivity index is 1.85. The standard InChI is InChI=1S/C24H26F3N3OS/c1-15-22(32-16(2)29-15)20(14-11-17-9-12-19(13-10-17)24(25,26)27)30-21(23(31)28-3)18-7-5-4-6-8-18/h4-10,12-13,20-21,30H,11,14H2,1-3H3,(H,28,31). The van der Waals surface area contributed by atoms with Gasteiger partial charge in [-0.2, -0.15) is 13.2 Å². The van der Waals surface area contributed by atoms with E-state index in [1.165, 1.54) is 12.1 Å². The lowest BCUT2D eigenvalue weighted by atomic mass is 9.99. The van der Waals surface area contributed by atoms with E-state index in [2.05, 4.69) is 15.6 Å². The largest absolute Gasteiger partial charge is 0.416 e. The van der Waals surface area contributed by atoms with E-state index in [9.17, 15) is 18.0 Å². The zero-order valence-corrected chi connectivity index (χ0v) is 19.0. The molecule has 8 heteroatoms. The van der Waals surface area contributed by atoms with Crippen molar-refractivity contribution >= 4 is 17.2 Å². The molecule has 2 N–H and O–H groups in total. The van der Waals surface area contributed by atoms with Crippen molar-refractivity contribution in [3.8, 4) is 0 Å². The number of likely N-dealkylation sites (N-methyl/N-ethyl adjacent to an activating group) is 1. The molecule has 3 rings (SSSR count). The SMILES string of the molecule is CNC(=O)C(NC(CCc1ccc(C(F)(F)F)cc1)c1sc(C)nc1C)c1ccccc1. The Kier molecular flexibility index (Phi) is 7.69. The number of halogens is 3. The van der Waals surface area contributed by atoms with E-state index in [-0.39, 0.29) is 11.9 Å².